The lowest BCUT2D eigenvalue weighted by Crippen LogP contribution is -2.48. The molecule has 0 radical (unpaired) electrons. The van der Waals surface area contributed by atoms with Gasteiger partial charge in [-0.15, -0.1) is 24.8 Å². The number of rotatable bonds is 3. The van der Waals surface area contributed by atoms with Crippen LogP contribution in [0.2, 0.25) is 0 Å². The zero-order chi connectivity index (χ0) is 9.26. The van der Waals surface area contributed by atoms with Crippen LogP contribution in [0.1, 0.15) is 25.7 Å². The molecule has 2 aliphatic rings. The van der Waals surface area contributed by atoms with E-state index in [0.29, 0.717) is 6.04 Å². The van der Waals surface area contributed by atoms with Crippen molar-refractivity contribution >= 4 is 24.8 Å². The highest BCUT2D eigenvalue weighted by molar-refractivity contribution is 5.85. The molecule has 92 valence electrons. The van der Waals surface area contributed by atoms with Crippen molar-refractivity contribution in [3.8, 4) is 0 Å². The molecule has 0 saturated carbocycles. The molecular weight excluding hydrogens is 235 g/mol. The Labute approximate surface area is 105 Å². The highest BCUT2D eigenvalue weighted by Gasteiger charge is 2.38. The maximum atomic E-state index is 5.99. The second-order valence-electron chi connectivity index (χ2n) is 4.35. The maximum Gasteiger partial charge on any atom is 0.0589 e. The van der Waals surface area contributed by atoms with Gasteiger partial charge in [-0.3, -0.25) is 4.90 Å². The van der Waals surface area contributed by atoms with Crippen LogP contribution in [-0.2, 0) is 4.74 Å². The highest BCUT2D eigenvalue weighted by atomic mass is 35.5. The molecule has 2 atom stereocenters. The summed E-state index contributed by atoms with van der Waals surface area (Å²) < 4.78 is 5.12. The van der Waals surface area contributed by atoms with Crippen molar-refractivity contribution in [2.75, 3.05) is 20.3 Å². The Morgan fingerprint density at radius 2 is 1.73 bits per heavy atom. The van der Waals surface area contributed by atoms with Gasteiger partial charge in [0, 0.05) is 31.8 Å². The number of nitrogens with two attached hydrogens (primary N) is 1. The summed E-state index contributed by atoms with van der Waals surface area (Å²) in [5, 5.41) is 0. The number of piperidine rings is 1. The second kappa shape index (κ2) is 6.92. The van der Waals surface area contributed by atoms with Crippen molar-refractivity contribution in [2.45, 2.75) is 43.8 Å². The lowest BCUT2D eigenvalue weighted by molar-refractivity contribution is 0.0839. The zero-order valence-electron chi connectivity index (χ0n) is 9.22. The molecule has 2 aliphatic heterocycles. The molecule has 3 nitrogen and oxygen atoms in total. The van der Waals surface area contributed by atoms with E-state index in [2.05, 4.69) is 4.90 Å². The molecule has 0 aliphatic carbocycles. The summed E-state index contributed by atoms with van der Waals surface area (Å²) in [5.74, 6) is 0. The first-order valence-corrected chi connectivity index (χ1v) is 5.31. The molecule has 5 heteroatoms. The molecule has 0 aromatic rings. The number of ether oxygens (including phenoxy) is 1. The molecule has 0 amide bonds. The third-order valence-electron chi connectivity index (χ3n) is 3.47. The van der Waals surface area contributed by atoms with Gasteiger partial charge in [0.1, 0.15) is 0 Å². The third kappa shape index (κ3) is 3.46. The Morgan fingerprint density at radius 3 is 2.20 bits per heavy atom. The molecule has 2 unspecified atom stereocenters. The molecule has 2 bridgehead atoms. The highest BCUT2D eigenvalue weighted by Crippen LogP contribution is 2.34. The van der Waals surface area contributed by atoms with Crippen molar-refractivity contribution in [1.82, 2.24) is 4.90 Å². The summed E-state index contributed by atoms with van der Waals surface area (Å²) in [4.78, 5) is 2.60. The lowest BCUT2D eigenvalue weighted by atomic mass is 9.98. The second-order valence-corrected chi connectivity index (χ2v) is 4.35. The van der Waals surface area contributed by atoms with Crippen molar-refractivity contribution in [3.63, 3.8) is 0 Å². The van der Waals surface area contributed by atoms with E-state index in [1.807, 2.05) is 0 Å². The van der Waals surface area contributed by atoms with E-state index in [1.165, 1.54) is 25.7 Å². The first-order valence-electron chi connectivity index (χ1n) is 5.31. The van der Waals surface area contributed by atoms with Crippen LogP contribution in [0, 0.1) is 0 Å². The monoisotopic (exact) mass is 256 g/mol. The van der Waals surface area contributed by atoms with E-state index in [9.17, 15) is 0 Å². The van der Waals surface area contributed by atoms with Gasteiger partial charge in [-0.1, -0.05) is 0 Å². The smallest absolute Gasteiger partial charge is 0.0589 e. The van der Waals surface area contributed by atoms with Crippen LogP contribution in [0.5, 0.6) is 0 Å². The molecule has 2 rings (SSSR count). The summed E-state index contributed by atoms with van der Waals surface area (Å²) in [6.45, 7) is 1.96. The van der Waals surface area contributed by atoms with E-state index in [1.54, 1.807) is 7.11 Å². The van der Waals surface area contributed by atoms with Crippen LogP contribution >= 0.6 is 24.8 Å². The van der Waals surface area contributed by atoms with Crippen LogP contribution in [0.3, 0.4) is 0 Å². The standard InChI is InChI=1S/C10H20N2O.2ClH/c1-13-5-4-12-9-2-3-10(12)7-8(11)6-9;;/h8-10H,2-7,11H2,1H3;2*1H. The summed E-state index contributed by atoms with van der Waals surface area (Å²) in [6, 6.07) is 1.96. The number of fused-ring (bicyclic) bond motifs is 2. The maximum absolute atomic E-state index is 5.99. The minimum atomic E-state index is 0. The zero-order valence-corrected chi connectivity index (χ0v) is 10.9. The average Bonchev–Trinajstić information content (AvgIpc) is 2.33. The molecule has 15 heavy (non-hydrogen) atoms. The molecule has 0 aromatic heterocycles. The first kappa shape index (κ1) is 15.5. The van der Waals surface area contributed by atoms with Gasteiger partial charge in [-0.25, -0.2) is 0 Å². The predicted molar refractivity (Wildman–Crippen MR) is 67.1 cm³/mol. The van der Waals surface area contributed by atoms with Crippen molar-refractivity contribution in [1.29, 1.82) is 0 Å². The lowest BCUT2D eigenvalue weighted by Gasteiger charge is -2.37. The molecule has 2 saturated heterocycles. The topological polar surface area (TPSA) is 38.5 Å². The molecule has 2 heterocycles. The molecule has 2 N–H and O–H groups in total. The van der Waals surface area contributed by atoms with Crippen LogP contribution in [-0.4, -0.2) is 43.3 Å². The summed E-state index contributed by atoms with van der Waals surface area (Å²) >= 11 is 0. The van der Waals surface area contributed by atoms with E-state index in [0.717, 1.165) is 25.2 Å². The summed E-state index contributed by atoms with van der Waals surface area (Å²) in [6.07, 6.45) is 5.09. The Balaban J connectivity index is 0.000000980. The average molecular weight is 257 g/mol. The minimum absolute atomic E-state index is 0. The van der Waals surface area contributed by atoms with Gasteiger partial charge < -0.3 is 10.5 Å². The van der Waals surface area contributed by atoms with E-state index in [-0.39, 0.29) is 24.8 Å². The normalized spacial score (nSPS) is 34.4. The van der Waals surface area contributed by atoms with Crippen LogP contribution < -0.4 is 5.73 Å². The van der Waals surface area contributed by atoms with Gasteiger partial charge >= 0.3 is 0 Å². The Hall–Kier alpha value is 0.460. The summed E-state index contributed by atoms with van der Waals surface area (Å²) in [7, 11) is 1.78. The Bertz CT molecular complexity index is 169. The van der Waals surface area contributed by atoms with Crippen LogP contribution in [0.15, 0.2) is 0 Å². The third-order valence-corrected chi connectivity index (χ3v) is 3.47. The number of hydrogen-bond acceptors (Lipinski definition) is 3. The quantitative estimate of drug-likeness (QED) is 0.831. The van der Waals surface area contributed by atoms with Gasteiger partial charge in [-0.05, 0) is 25.7 Å². The number of nitrogens with zero attached hydrogens (tertiary/aromatic N) is 1. The van der Waals surface area contributed by atoms with Gasteiger partial charge in [0.25, 0.3) is 0 Å². The van der Waals surface area contributed by atoms with Crippen molar-refractivity contribution < 1.29 is 4.74 Å². The van der Waals surface area contributed by atoms with E-state index >= 15 is 0 Å². The number of halogens is 2. The van der Waals surface area contributed by atoms with Crippen LogP contribution in [0.4, 0.5) is 0 Å². The van der Waals surface area contributed by atoms with Crippen LogP contribution in [0.25, 0.3) is 0 Å². The fourth-order valence-electron chi connectivity index (χ4n) is 2.88. The Morgan fingerprint density at radius 1 is 1.20 bits per heavy atom. The molecule has 0 aromatic carbocycles. The van der Waals surface area contributed by atoms with Gasteiger partial charge in [0.15, 0.2) is 0 Å². The van der Waals surface area contributed by atoms with E-state index in [4.69, 9.17) is 10.5 Å². The van der Waals surface area contributed by atoms with Gasteiger partial charge in [0.05, 0.1) is 6.61 Å². The minimum Gasteiger partial charge on any atom is -0.383 e. The number of hydrogen-bond donors (Lipinski definition) is 1. The SMILES string of the molecule is COCCN1C2CCC1CC(N)C2.Cl.Cl. The van der Waals surface area contributed by atoms with E-state index < -0.39 is 0 Å². The molecule has 0 spiro atoms. The molecular formula is C10H22Cl2N2O. The summed E-state index contributed by atoms with van der Waals surface area (Å²) in [5.41, 5.74) is 5.99. The molecule has 2 fully saturated rings. The first-order chi connectivity index (χ1) is 6.31. The van der Waals surface area contributed by atoms with Crippen molar-refractivity contribution in [2.24, 2.45) is 5.73 Å². The van der Waals surface area contributed by atoms with Crippen molar-refractivity contribution in [3.05, 3.63) is 0 Å². The largest absolute Gasteiger partial charge is 0.383 e. The number of methoxy groups -OCH3 is 1. The van der Waals surface area contributed by atoms with Gasteiger partial charge in [0.2, 0.25) is 0 Å². The fraction of sp³-hybridized carbons (Fsp3) is 1.00. The predicted octanol–water partition coefficient (Wildman–Crippen LogP) is 1.43. The fourth-order valence-corrected chi connectivity index (χ4v) is 2.88. The Kier molecular flexibility index (Phi) is 7.13. The van der Waals surface area contributed by atoms with Gasteiger partial charge in [-0.2, -0.15) is 0 Å².